The second-order valence-corrected chi connectivity index (χ2v) is 12.6. The van der Waals surface area contributed by atoms with Crippen LogP contribution in [0.2, 0.25) is 10.0 Å². The maximum atomic E-state index is 13.9. The predicted octanol–water partition coefficient (Wildman–Crippen LogP) is 5.46. The molecule has 0 bridgehead atoms. The molecular weight excluding hydrogens is 533 g/mol. The number of amides is 2. The van der Waals surface area contributed by atoms with Crippen molar-refractivity contribution in [1.82, 2.24) is 10.2 Å². The van der Waals surface area contributed by atoms with E-state index in [1.807, 2.05) is 46.8 Å². The van der Waals surface area contributed by atoms with Crippen LogP contribution in [-0.4, -0.2) is 50.5 Å². The Hall–Kier alpha value is -2.29. The van der Waals surface area contributed by atoms with E-state index in [4.69, 9.17) is 23.2 Å². The number of carbonyl (C=O) groups is 2. The van der Waals surface area contributed by atoms with E-state index in [1.165, 1.54) is 4.90 Å². The fourth-order valence-electron chi connectivity index (χ4n) is 3.97. The highest BCUT2D eigenvalue weighted by molar-refractivity contribution is 7.92. The van der Waals surface area contributed by atoms with Crippen LogP contribution in [0.25, 0.3) is 0 Å². The average molecular weight is 571 g/mol. The van der Waals surface area contributed by atoms with Crippen molar-refractivity contribution in [2.75, 3.05) is 23.7 Å². The molecule has 0 fully saturated rings. The normalized spacial score (nSPS) is 12.5. The molecule has 0 heterocycles. The fourth-order valence-corrected chi connectivity index (χ4v) is 5.31. The Kier molecular flexibility index (Phi) is 11.3. The Bertz CT molecular complexity index is 1200. The van der Waals surface area contributed by atoms with Gasteiger partial charge in [-0.1, -0.05) is 82.1 Å². The first-order valence-corrected chi connectivity index (χ1v) is 14.9. The quantitative estimate of drug-likeness (QED) is 0.367. The van der Waals surface area contributed by atoms with Gasteiger partial charge < -0.3 is 10.2 Å². The molecule has 2 aromatic rings. The van der Waals surface area contributed by atoms with Crippen molar-refractivity contribution in [3.05, 3.63) is 63.6 Å². The van der Waals surface area contributed by atoms with E-state index < -0.39 is 28.5 Å². The van der Waals surface area contributed by atoms with E-state index >= 15 is 0 Å². The molecule has 1 N–H and O–H groups in total. The summed E-state index contributed by atoms with van der Waals surface area (Å²) in [6, 6.07) is 11.2. The third-order valence-corrected chi connectivity index (χ3v) is 7.65. The Morgan fingerprint density at radius 1 is 1.03 bits per heavy atom. The highest BCUT2D eigenvalue weighted by Gasteiger charge is 2.32. The van der Waals surface area contributed by atoms with Crippen LogP contribution in [0.4, 0.5) is 5.69 Å². The molecule has 10 heteroatoms. The number of carbonyl (C=O) groups excluding carboxylic acids is 2. The maximum absolute atomic E-state index is 13.9. The van der Waals surface area contributed by atoms with E-state index in [-0.39, 0.29) is 24.3 Å². The lowest BCUT2D eigenvalue weighted by Crippen LogP contribution is -2.52. The van der Waals surface area contributed by atoms with Gasteiger partial charge in [-0.3, -0.25) is 13.9 Å². The van der Waals surface area contributed by atoms with E-state index in [1.54, 1.807) is 30.3 Å². The number of hydrogen-bond acceptors (Lipinski definition) is 4. The summed E-state index contributed by atoms with van der Waals surface area (Å²) in [4.78, 5) is 28.4. The molecule has 204 valence electrons. The zero-order chi connectivity index (χ0) is 27.9. The summed E-state index contributed by atoms with van der Waals surface area (Å²) >= 11 is 12.5. The minimum atomic E-state index is -3.82. The van der Waals surface area contributed by atoms with Crippen LogP contribution in [-0.2, 0) is 26.2 Å². The van der Waals surface area contributed by atoms with Crippen molar-refractivity contribution in [3.63, 3.8) is 0 Å². The van der Waals surface area contributed by atoms with Crippen LogP contribution in [0.1, 0.15) is 58.1 Å². The highest BCUT2D eigenvalue weighted by atomic mass is 35.5. The third kappa shape index (κ3) is 8.62. The zero-order valence-corrected chi connectivity index (χ0v) is 24.6. The molecule has 0 radical (unpaired) electrons. The minimum Gasteiger partial charge on any atom is -0.354 e. The molecule has 7 nitrogen and oxygen atoms in total. The summed E-state index contributed by atoms with van der Waals surface area (Å²) in [7, 11) is -3.82. The Morgan fingerprint density at radius 2 is 1.68 bits per heavy atom. The molecule has 1 unspecified atom stereocenters. The fraction of sp³-hybridized carbons (Fsp3) is 0.481. The largest absolute Gasteiger partial charge is 0.354 e. The van der Waals surface area contributed by atoms with Gasteiger partial charge in [-0.25, -0.2) is 8.42 Å². The lowest BCUT2D eigenvalue weighted by atomic mass is 10.0. The monoisotopic (exact) mass is 569 g/mol. The highest BCUT2D eigenvalue weighted by Crippen LogP contribution is 2.30. The summed E-state index contributed by atoms with van der Waals surface area (Å²) in [5.74, 6) is -0.557. The van der Waals surface area contributed by atoms with Crippen molar-refractivity contribution < 1.29 is 18.0 Å². The van der Waals surface area contributed by atoms with Gasteiger partial charge in [-0.15, -0.1) is 0 Å². The van der Waals surface area contributed by atoms with Gasteiger partial charge in [0.1, 0.15) is 12.6 Å². The number of nitrogens with zero attached hydrogens (tertiary/aromatic N) is 2. The van der Waals surface area contributed by atoms with Gasteiger partial charge in [-0.05, 0) is 47.6 Å². The van der Waals surface area contributed by atoms with E-state index in [0.717, 1.165) is 16.1 Å². The lowest BCUT2D eigenvalue weighted by molar-refractivity contribution is -0.140. The first-order valence-electron chi connectivity index (χ1n) is 12.3. The number of nitrogens with one attached hydrogen (secondary N) is 1. The van der Waals surface area contributed by atoms with Gasteiger partial charge in [0.2, 0.25) is 21.8 Å². The van der Waals surface area contributed by atoms with Crippen LogP contribution in [0.3, 0.4) is 0 Å². The zero-order valence-electron chi connectivity index (χ0n) is 22.3. The predicted molar refractivity (Wildman–Crippen MR) is 152 cm³/mol. The maximum Gasteiger partial charge on any atom is 0.244 e. The van der Waals surface area contributed by atoms with Gasteiger partial charge in [0.05, 0.1) is 11.9 Å². The molecule has 1 atom stereocenters. The van der Waals surface area contributed by atoms with Crippen molar-refractivity contribution >= 4 is 50.7 Å². The first kappa shape index (κ1) is 30.9. The van der Waals surface area contributed by atoms with Crippen molar-refractivity contribution in [3.8, 4) is 0 Å². The van der Waals surface area contributed by atoms with Crippen LogP contribution >= 0.6 is 23.2 Å². The SMILES string of the molecule is CCC(C(=O)NCC(C)C)N(Cc1ccc(Cl)cc1Cl)C(=O)CN(c1ccccc1C(C)C)S(C)(=O)=O. The molecule has 0 aromatic heterocycles. The number of para-hydroxylation sites is 1. The molecule has 2 rings (SSSR count). The van der Waals surface area contributed by atoms with Crippen molar-refractivity contribution in [1.29, 1.82) is 0 Å². The van der Waals surface area contributed by atoms with Gasteiger partial charge in [0.15, 0.2) is 0 Å². The summed E-state index contributed by atoms with van der Waals surface area (Å²) in [6.07, 6.45) is 1.41. The van der Waals surface area contributed by atoms with Gasteiger partial charge in [-0.2, -0.15) is 0 Å². The molecule has 0 saturated heterocycles. The second kappa shape index (κ2) is 13.5. The molecule has 0 aliphatic carbocycles. The molecule has 2 aromatic carbocycles. The van der Waals surface area contributed by atoms with Crippen molar-refractivity contribution in [2.24, 2.45) is 5.92 Å². The van der Waals surface area contributed by atoms with E-state index in [9.17, 15) is 18.0 Å². The standard InChI is InChI=1S/C27H37Cl2N3O4S/c1-7-24(27(34)30-15-18(2)3)31(16-20-12-13-21(28)14-23(20)29)26(33)17-32(37(6,35)36)25-11-9-8-10-22(25)19(4)5/h8-14,18-19,24H,7,15-17H2,1-6H3,(H,30,34). The molecular formula is C27H37Cl2N3O4S. The third-order valence-electron chi connectivity index (χ3n) is 5.93. The van der Waals surface area contributed by atoms with E-state index in [2.05, 4.69) is 5.32 Å². The van der Waals surface area contributed by atoms with Gasteiger partial charge in [0, 0.05) is 23.1 Å². The molecule has 2 amide bonds. The molecule has 0 spiro atoms. The molecule has 37 heavy (non-hydrogen) atoms. The first-order chi connectivity index (χ1) is 17.3. The van der Waals surface area contributed by atoms with Crippen molar-refractivity contribution in [2.45, 2.75) is 59.5 Å². The van der Waals surface area contributed by atoms with Crippen LogP contribution in [0, 0.1) is 5.92 Å². The summed E-state index contributed by atoms with van der Waals surface area (Å²) in [5.41, 5.74) is 1.84. The number of anilines is 1. The topological polar surface area (TPSA) is 86.8 Å². The lowest BCUT2D eigenvalue weighted by Gasteiger charge is -2.33. The van der Waals surface area contributed by atoms with Crippen LogP contribution in [0.5, 0.6) is 0 Å². The van der Waals surface area contributed by atoms with E-state index in [0.29, 0.717) is 34.3 Å². The Labute approximate surface area is 231 Å². The minimum absolute atomic E-state index is 0.0197. The number of rotatable bonds is 12. The van der Waals surface area contributed by atoms with Gasteiger partial charge >= 0.3 is 0 Å². The average Bonchev–Trinajstić information content (AvgIpc) is 2.81. The van der Waals surface area contributed by atoms with Gasteiger partial charge in [0.25, 0.3) is 0 Å². The molecule has 0 saturated carbocycles. The summed E-state index contributed by atoms with van der Waals surface area (Å²) < 4.78 is 26.9. The Balaban J connectivity index is 2.52. The number of hydrogen-bond donors (Lipinski definition) is 1. The van der Waals surface area contributed by atoms with Crippen LogP contribution < -0.4 is 9.62 Å². The number of sulfonamides is 1. The second-order valence-electron chi connectivity index (χ2n) is 9.80. The molecule has 0 aliphatic rings. The van der Waals surface area contributed by atoms with Crippen LogP contribution in [0.15, 0.2) is 42.5 Å². The number of halogens is 2. The molecule has 0 aliphatic heterocycles. The summed E-state index contributed by atoms with van der Waals surface area (Å²) in [6.45, 7) is 9.71. The smallest absolute Gasteiger partial charge is 0.244 e. The number of benzene rings is 2. The Morgan fingerprint density at radius 3 is 2.22 bits per heavy atom. The summed E-state index contributed by atoms with van der Waals surface area (Å²) in [5, 5.41) is 3.70.